The van der Waals surface area contributed by atoms with Crippen LogP contribution in [-0.2, 0) is 10.2 Å². The summed E-state index contributed by atoms with van der Waals surface area (Å²) in [6.07, 6.45) is 4.44. The van der Waals surface area contributed by atoms with E-state index in [2.05, 4.69) is 15.3 Å². The number of halogens is 3. The van der Waals surface area contributed by atoms with Crippen LogP contribution in [0.2, 0.25) is 5.02 Å². The first-order chi connectivity index (χ1) is 14.6. The molecule has 2 heterocycles. The van der Waals surface area contributed by atoms with Crippen molar-refractivity contribution in [3.05, 3.63) is 76.2 Å². The molecule has 0 bridgehead atoms. The van der Waals surface area contributed by atoms with Gasteiger partial charge in [0.25, 0.3) is 10.2 Å². The Labute approximate surface area is 184 Å². The molecule has 3 aromatic rings. The average Bonchev–Trinajstić information content (AvgIpc) is 2.72. The smallest absolute Gasteiger partial charge is 0.300 e. The number of hydrogen-bond acceptors (Lipinski definition) is 5. The van der Waals surface area contributed by atoms with Crippen LogP contribution in [0.25, 0.3) is 0 Å². The summed E-state index contributed by atoms with van der Waals surface area (Å²) in [6.45, 7) is 3.55. The second kappa shape index (κ2) is 9.13. The molecule has 7 nitrogen and oxygen atoms in total. The summed E-state index contributed by atoms with van der Waals surface area (Å²) in [5.74, 6) is -2.23. The van der Waals surface area contributed by atoms with Gasteiger partial charge >= 0.3 is 0 Å². The van der Waals surface area contributed by atoms with E-state index in [4.69, 9.17) is 11.6 Å². The van der Waals surface area contributed by atoms with Crippen molar-refractivity contribution in [2.24, 2.45) is 0 Å². The van der Waals surface area contributed by atoms with Crippen LogP contribution in [0.1, 0.15) is 29.5 Å². The molecule has 0 aliphatic carbocycles. The Morgan fingerprint density at radius 1 is 1.10 bits per heavy atom. The third-order valence-electron chi connectivity index (χ3n) is 4.81. The Hall–Kier alpha value is -2.82. The average molecular weight is 468 g/mol. The van der Waals surface area contributed by atoms with Gasteiger partial charge in [0.15, 0.2) is 11.6 Å². The lowest BCUT2D eigenvalue weighted by Gasteiger charge is -2.19. The molecule has 0 fully saturated rings. The number of aromatic nitrogens is 2. The normalized spacial score (nSPS) is 12.5. The fraction of sp³-hybridized carbons (Fsp3) is 0.200. The quantitative estimate of drug-likeness (QED) is 0.476. The highest BCUT2D eigenvalue weighted by molar-refractivity contribution is 7.90. The highest BCUT2D eigenvalue weighted by Gasteiger charge is 2.22. The first-order valence-electron chi connectivity index (χ1n) is 9.15. The molecule has 2 aromatic heterocycles. The van der Waals surface area contributed by atoms with E-state index in [1.165, 1.54) is 37.6 Å². The zero-order chi connectivity index (χ0) is 22.8. The van der Waals surface area contributed by atoms with Gasteiger partial charge in [-0.15, -0.1) is 0 Å². The lowest BCUT2D eigenvalue weighted by atomic mass is 9.91. The predicted molar refractivity (Wildman–Crippen MR) is 117 cm³/mol. The Kier molecular flexibility index (Phi) is 6.73. The van der Waals surface area contributed by atoms with Crippen LogP contribution < -0.4 is 14.8 Å². The maximum atomic E-state index is 15.0. The molecule has 3 rings (SSSR count). The van der Waals surface area contributed by atoms with Crippen LogP contribution in [0.5, 0.6) is 0 Å². The second-order valence-electron chi connectivity index (χ2n) is 6.74. The Balaban J connectivity index is 1.96. The van der Waals surface area contributed by atoms with Crippen LogP contribution in [0.3, 0.4) is 0 Å². The van der Waals surface area contributed by atoms with Gasteiger partial charge in [0, 0.05) is 35.9 Å². The van der Waals surface area contributed by atoms with Gasteiger partial charge in [-0.3, -0.25) is 9.71 Å². The number of hydrogen-bond donors (Lipinski definition) is 3. The number of rotatable bonds is 7. The van der Waals surface area contributed by atoms with Gasteiger partial charge in [-0.05, 0) is 42.3 Å². The number of benzene rings is 1. The van der Waals surface area contributed by atoms with Crippen molar-refractivity contribution in [2.45, 2.75) is 19.8 Å². The third-order valence-corrected chi connectivity index (χ3v) is 6.04. The third kappa shape index (κ3) is 5.09. The molecule has 0 radical (unpaired) electrons. The topological polar surface area (TPSA) is 96.0 Å². The molecular formula is C20H20ClF2N5O2S. The monoisotopic (exact) mass is 467 g/mol. The zero-order valence-corrected chi connectivity index (χ0v) is 18.4. The van der Waals surface area contributed by atoms with Crippen molar-refractivity contribution >= 4 is 39.0 Å². The summed E-state index contributed by atoms with van der Waals surface area (Å²) >= 11 is 5.80. The Morgan fingerprint density at radius 2 is 1.84 bits per heavy atom. The van der Waals surface area contributed by atoms with Gasteiger partial charge in [-0.2, -0.15) is 8.42 Å². The molecule has 3 N–H and O–H groups in total. The SMILES string of the molecule is CNS(=O)(=O)Nc1nccc(C(C)c2cncc(Nc3ccc(Cl)cc3F)c2C)c1F. The molecule has 164 valence electrons. The van der Waals surface area contributed by atoms with E-state index in [9.17, 15) is 12.8 Å². The Morgan fingerprint density at radius 3 is 2.52 bits per heavy atom. The van der Waals surface area contributed by atoms with E-state index in [1.807, 2.05) is 9.44 Å². The van der Waals surface area contributed by atoms with E-state index in [-0.39, 0.29) is 16.3 Å². The fourth-order valence-electron chi connectivity index (χ4n) is 3.05. The number of nitrogens with zero attached hydrogens (tertiary/aromatic N) is 2. The molecule has 0 spiro atoms. The molecule has 0 amide bonds. The molecule has 1 atom stereocenters. The number of pyridine rings is 2. The highest BCUT2D eigenvalue weighted by Crippen LogP contribution is 2.34. The lowest BCUT2D eigenvalue weighted by molar-refractivity contribution is 0.586. The van der Waals surface area contributed by atoms with E-state index in [0.717, 1.165) is 5.56 Å². The van der Waals surface area contributed by atoms with Gasteiger partial charge in [0.05, 0.1) is 17.6 Å². The van der Waals surface area contributed by atoms with E-state index >= 15 is 4.39 Å². The largest absolute Gasteiger partial charge is 0.352 e. The van der Waals surface area contributed by atoms with Gasteiger partial charge in [0.2, 0.25) is 0 Å². The Bertz CT molecular complexity index is 1220. The molecule has 0 saturated heterocycles. The van der Waals surface area contributed by atoms with Crippen LogP contribution >= 0.6 is 11.6 Å². The lowest BCUT2D eigenvalue weighted by Crippen LogP contribution is -2.27. The summed E-state index contributed by atoms with van der Waals surface area (Å²) in [5, 5.41) is 3.25. The molecule has 31 heavy (non-hydrogen) atoms. The first-order valence-corrected chi connectivity index (χ1v) is 11.0. The van der Waals surface area contributed by atoms with E-state index < -0.39 is 33.6 Å². The molecule has 0 aliphatic heterocycles. The van der Waals surface area contributed by atoms with Gasteiger partial charge < -0.3 is 5.32 Å². The van der Waals surface area contributed by atoms with E-state index in [0.29, 0.717) is 11.3 Å². The molecule has 11 heteroatoms. The predicted octanol–water partition coefficient (Wildman–Crippen LogP) is 4.49. The second-order valence-corrected chi connectivity index (χ2v) is 8.80. The van der Waals surface area contributed by atoms with Crippen LogP contribution in [0.15, 0.2) is 42.9 Å². The minimum absolute atomic E-state index is 0.220. The fourth-order valence-corrected chi connectivity index (χ4v) is 3.71. The highest BCUT2D eigenvalue weighted by atomic mass is 35.5. The number of nitrogens with one attached hydrogen (secondary N) is 3. The van der Waals surface area contributed by atoms with Gasteiger partial charge in [-0.25, -0.2) is 18.5 Å². The summed E-state index contributed by atoms with van der Waals surface area (Å²) in [7, 11) is -2.73. The number of anilines is 3. The molecule has 0 aliphatic rings. The molecule has 1 aromatic carbocycles. The minimum Gasteiger partial charge on any atom is -0.352 e. The molecular weight excluding hydrogens is 448 g/mol. The summed E-state index contributed by atoms with van der Waals surface area (Å²) < 4.78 is 56.7. The van der Waals surface area contributed by atoms with Crippen molar-refractivity contribution in [3.8, 4) is 0 Å². The first kappa shape index (κ1) is 22.9. The molecule has 0 saturated carbocycles. The molecule has 1 unspecified atom stereocenters. The zero-order valence-electron chi connectivity index (χ0n) is 16.9. The van der Waals surface area contributed by atoms with Crippen molar-refractivity contribution in [2.75, 3.05) is 17.1 Å². The maximum absolute atomic E-state index is 15.0. The van der Waals surface area contributed by atoms with Crippen LogP contribution in [0, 0.1) is 18.6 Å². The van der Waals surface area contributed by atoms with Crippen molar-refractivity contribution < 1.29 is 17.2 Å². The van der Waals surface area contributed by atoms with Crippen molar-refractivity contribution in [1.29, 1.82) is 0 Å². The van der Waals surface area contributed by atoms with E-state index in [1.54, 1.807) is 26.1 Å². The summed E-state index contributed by atoms with van der Waals surface area (Å²) in [6, 6.07) is 5.73. The van der Waals surface area contributed by atoms with Crippen molar-refractivity contribution in [3.63, 3.8) is 0 Å². The van der Waals surface area contributed by atoms with Crippen LogP contribution in [0.4, 0.5) is 26.0 Å². The standard InChI is InChI=1S/C20H20ClF2N5O2S/c1-11(14-6-7-26-20(19(14)23)28-31(29,30)24-3)15-9-25-10-18(12(15)2)27-17-5-4-13(21)8-16(17)22/h4-11,24,27H,1-3H3,(H,26,28). The van der Waals surface area contributed by atoms with Crippen molar-refractivity contribution in [1.82, 2.24) is 14.7 Å². The summed E-state index contributed by atoms with van der Waals surface area (Å²) in [5.41, 5.74) is 2.38. The van der Waals surface area contributed by atoms with Gasteiger partial charge in [0.1, 0.15) is 5.82 Å². The van der Waals surface area contributed by atoms with Crippen LogP contribution in [-0.4, -0.2) is 25.4 Å². The van der Waals surface area contributed by atoms with Gasteiger partial charge in [-0.1, -0.05) is 18.5 Å². The maximum Gasteiger partial charge on any atom is 0.300 e. The minimum atomic E-state index is -3.93. The summed E-state index contributed by atoms with van der Waals surface area (Å²) in [4.78, 5) is 7.96.